The van der Waals surface area contributed by atoms with E-state index < -0.39 is 5.60 Å². The van der Waals surface area contributed by atoms with Crippen LogP contribution in [0.25, 0.3) is 0 Å². The Labute approximate surface area is 157 Å². The number of nitrogens with one attached hydrogen (secondary N) is 2. The molecule has 3 heterocycles. The van der Waals surface area contributed by atoms with Gasteiger partial charge in [0, 0.05) is 45.4 Å². The molecular formula is C19H24N4O4. The third-order valence-corrected chi connectivity index (χ3v) is 5.58. The molecule has 1 unspecified atom stereocenters. The minimum atomic E-state index is -0.469. The SMILES string of the molecule is O=C1NCC2(CCN(C(=O)NC3CC(=O)N(Cc4ccccc4)C3)CC2)O1. The van der Waals surface area contributed by atoms with Crippen LogP contribution in [-0.4, -0.2) is 65.7 Å². The summed E-state index contributed by atoms with van der Waals surface area (Å²) in [5.74, 6) is 0.0608. The van der Waals surface area contributed by atoms with Crippen molar-refractivity contribution >= 4 is 18.0 Å². The molecule has 3 aliphatic heterocycles. The number of carbonyl (C=O) groups is 3. The highest BCUT2D eigenvalue weighted by molar-refractivity contribution is 5.81. The fourth-order valence-electron chi connectivity index (χ4n) is 3.99. The molecule has 0 aliphatic carbocycles. The van der Waals surface area contributed by atoms with Crippen molar-refractivity contribution in [2.45, 2.75) is 37.5 Å². The largest absolute Gasteiger partial charge is 0.441 e. The molecule has 4 amide bonds. The highest BCUT2D eigenvalue weighted by Gasteiger charge is 2.44. The minimum absolute atomic E-state index is 0.0608. The van der Waals surface area contributed by atoms with Gasteiger partial charge in [-0.15, -0.1) is 0 Å². The Kier molecular flexibility index (Phi) is 4.63. The zero-order chi connectivity index (χ0) is 18.9. The fraction of sp³-hybridized carbons (Fsp3) is 0.526. The van der Waals surface area contributed by atoms with Gasteiger partial charge in [0.2, 0.25) is 5.91 Å². The summed E-state index contributed by atoms with van der Waals surface area (Å²) in [6, 6.07) is 9.52. The van der Waals surface area contributed by atoms with E-state index in [1.165, 1.54) is 0 Å². The molecule has 3 saturated heterocycles. The number of carbonyl (C=O) groups excluding carboxylic acids is 3. The summed E-state index contributed by atoms with van der Waals surface area (Å²) in [7, 11) is 0. The maximum atomic E-state index is 12.6. The van der Waals surface area contributed by atoms with Crippen LogP contribution in [0, 0.1) is 0 Å². The lowest BCUT2D eigenvalue weighted by Crippen LogP contribution is -2.53. The first kappa shape index (κ1) is 17.6. The minimum Gasteiger partial charge on any atom is -0.441 e. The molecule has 1 spiro atoms. The van der Waals surface area contributed by atoms with Gasteiger partial charge in [0.05, 0.1) is 12.6 Å². The molecule has 1 aromatic carbocycles. The number of hydrogen-bond donors (Lipinski definition) is 2. The number of piperidine rings is 1. The number of amides is 4. The van der Waals surface area contributed by atoms with Crippen LogP contribution < -0.4 is 10.6 Å². The lowest BCUT2D eigenvalue weighted by Gasteiger charge is -2.37. The van der Waals surface area contributed by atoms with E-state index >= 15 is 0 Å². The van der Waals surface area contributed by atoms with E-state index in [2.05, 4.69) is 10.6 Å². The summed E-state index contributed by atoms with van der Waals surface area (Å²) in [6.07, 6.45) is 1.21. The number of urea groups is 1. The monoisotopic (exact) mass is 372 g/mol. The average Bonchev–Trinajstić information content (AvgIpc) is 3.19. The summed E-state index contributed by atoms with van der Waals surface area (Å²) < 4.78 is 5.38. The number of alkyl carbamates (subject to hydrolysis) is 1. The molecule has 0 bridgehead atoms. The van der Waals surface area contributed by atoms with Gasteiger partial charge in [0.15, 0.2) is 0 Å². The number of rotatable bonds is 3. The van der Waals surface area contributed by atoms with Gasteiger partial charge in [0.1, 0.15) is 5.60 Å². The van der Waals surface area contributed by atoms with Crippen LogP contribution >= 0.6 is 0 Å². The lowest BCUT2D eigenvalue weighted by atomic mass is 9.92. The number of hydrogen-bond acceptors (Lipinski definition) is 4. The number of likely N-dealkylation sites (tertiary alicyclic amines) is 2. The molecule has 1 atom stereocenters. The Hall–Kier alpha value is -2.77. The van der Waals surface area contributed by atoms with Crippen LogP contribution in [0.3, 0.4) is 0 Å². The van der Waals surface area contributed by atoms with Crippen LogP contribution in [0.1, 0.15) is 24.8 Å². The number of benzene rings is 1. The number of nitrogens with zero attached hydrogens (tertiary/aromatic N) is 2. The molecule has 0 radical (unpaired) electrons. The van der Waals surface area contributed by atoms with Crippen LogP contribution in [0.5, 0.6) is 0 Å². The van der Waals surface area contributed by atoms with Crippen molar-refractivity contribution in [1.82, 2.24) is 20.4 Å². The van der Waals surface area contributed by atoms with Crippen LogP contribution in [-0.2, 0) is 16.1 Å². The Balaban J connectivity index is 1.27. The maximum absolute atomic E-state index is 12.6. The quantitative estimate of drug-likeness (QED) is 0.830. The Morgan fingerprint density at radius 3 is 2.63 bits per heavy atom. The van der Waals surface area contributed by atoms with Gasteiger partial charge in [-0.05, 0) is 5.56 Å². The fourth-order valence-corrected chi connectivity index (χ4v) is 3.99. The van der Waals surface area contributed by atoms with Crippen molar-refractivity contribution in [2.24, 2.45) is 0 Å². The molecular weight excluding hydrogens is 348 g/mol. The first-order valence-electron chi connectivity index (χ1n) is 9.37. The Morgan fingerprint density at radius 2 is 1.96 bits per heavy atom. The lowest BCUT2D eigenvalue weighted by molar-refractivity contribution is -0.128. The van der Waals surface area contributed by atoms with E-state index in [4.69, 9.17) is 4.74 Å². The van der Waals surface area contributed by atoms with Gasteiger partial charge in [-0.25, -0.2) is 9.59 Å². The topological polar surface area (TPSA) is 91.0 Å². The van der Waals surface area contributed by atoms with E-state index in [0.29, 0.717) is 52.0 Å². The van der Waals surface area contributed by atoms with Crippen molar-refractivity contribution < 1.29 is 19.1 Å². The standard InChI is InChI=1S/C19H24N4O4/c24-16-10-15(12-23(16)11-14-4-2-1-3-5-14)21-17(25)22-8-6-19(7-9-22)13-20-18(26)27-19/h1-5,15H,6-13H2,(H,20,26)(H,21,25). The molecule has 3 aliphatic rings. The highest BCUT2D eigenvalue weighted by Crippen LogP contribution is 2.29. The van der Waals surface area contributed by atoms with E-state index in [9.17, 15) is 14.4 Å². The van der Waals surface area contributed by atoms with Gasteiger partial charge in [-0.1, -0.05) is 30.3 Å². The molecule has 4 rings (SSSR count). The summed E-state index contributed by atoms with van der Waals surface area (Å²) in [5.41, 5.74) is 0.614. The van der Waals surface area contributed by atoms with Crippen molar-refractivity contribution in [2.75, 3.05) is 26.2 Å². The van der Waals surface area contributed by atoms with E-state index in [0.717, 1.165) is 5.56 Å². The summed E-state index contributed by atoms with van der Waals surface area (Å²) in [4.78, 5) is 39.6. The van der Waals surface area contributed by atoms with Gasteiger partial charge in [0.25, 0.3) is 0 Å². The zero-order valence-corrected chi connectivity index (χ0v) is 15.1. The van der Waals surface area contributed by atoms with Crippen LogP contribution in [0.2, 0.25) is 0 Å². The van der Waals surface area contributed by atoms with E-state index in [-0.39, 0.29) is 24.1 Å². The van der Waals surface area contributed by atoms with Gasteiger partial charge in [-0.2, -0.15) is 0 Å². The first-order valence-corrected chi connectivity index (χ1v) is 9.37. The first-order chi connectivity index (χ1) is 13.0. The van der Waals surface area contributed by atoms with E-state index in [1.54, 1.807) is 9.80 Å². The molecule has 0 saturated carbocycles. The Morgan fingerprint density at radius 1 is 1.22 bits per heavy atom. The molecule has 1 aromatic rings. The highest BCUT2D eigenvalue weighted by atomic mass is 16.6. The van der Waals surface area contributed by atoms with Crippen molar-refractivity contribution in [1.29, 1.82) is 0 Å². The van der Waals surface area contributed by atoms with Gasteiger partial charge in [-0.3, -0.25) is 4.79 Å². The summed E-state index contributed by atoms with van der Waals surface area (Å²) in [5, 5.41) is 5.67. The van der Waals surface area contributed by atoms with Crippen LogP contribution in [0.4, 0.5) is 9.59 Å². The van der Waals surface area contributed by atoms with Crippen molar-refractivity contribution in [3.8, 4) is 0 Å². The van der Waals surface area contributed by atoms with E-state index in [1.807, 2.05) is 30.3 Å². The molecule has 3 fully saturated rings. The van der Waals surface area contributed by atoms with Gasteiger partial charge >= 0.3 is 12.1 Å². The number of ether oxygens (including phenoxy) is 1. The average molecular weight is 372 g/mol. The second-order valence-electron chi connectivity index (χ2n) is 7.52. The zero-order valence-electron chi connectivity index (χ0n) is 15.1. The molecule has 144 valence electrons. The van der Waals surface area contributed by atoms with Crippen LogP contribution in [0.15, 0.2) is 30.3 Å². The van der Waals surface area contributed by atoms with Crippen molar-refractivity contribution in [3.63, 3.8) is 0 Å². The third kappa shape index (κ3) is 3.84. The smallest absolute Gasteiger partial charge is 0.407 e. The second kappa shape index (κ2) is 7.09. The predicted molar refractivity (Wildman–Crippen MR) is 96.8 cm³/mol. The molecule has 8 heteroatoms. The normalized spacial score (nSPS) is 24.1. The maximum Gasteiger partial charge on any atom is 0.407 e. The van der Waals surface area contributed by atoms with Crippen molar-refractivity contribution in [3.05, 3.63) is 35.9 Å². The summed E-state index contributed by atoms with van der Waals surface area (Å²) >= 11 is 0. The molecule has 0 aromatic heterocycles. The molecule has 8 nitrogen and oxygen atoms in total. The van der Waals surface area contributed by atoms with Gasteiger partial charge < -0.3 is 25.2 Å². The second-order valence-corrected chi connectivity index (χ2v) is 7.52. The molecule has 2 N–H and O–H groups in total. The third-order valence-electron chi connectivity index (χ3n) is 5.58. The predicted octanol–water partition coefficient (Wildman–Crippen LogP) is 1.07. The summed E-state index contributed by atoms with van der Waals surface area (Å²) in [6.45, 7) is 2.67. The molecule has 27 heavy (non-hydrogen) atoms. The Bertz CT molecular complexity index is 730.